The summed E-state index contributed by atoms with van der Waals surface area (Å²) in [5.41, 5.74) is 9.40. The minimum absolute atomic E-state index is 0.219. The lowest BCUT2D eigenvalue weighted by Crippen LogP contribution is -2.12. The first-order valence-electron chi connectivity index (χ1n) is 5.77. The van der Waals surface area contributed by atoms with Crippen LogP contribution in [0.2, 0.25) is 5.02 Å². The van der Waals surface area contributed by atoms with E-state index < -0.39 is 0 Å². The van der Waals surface area contributed by atoms with Crippen molar-refractivity contribution in [2.75, 3.05) is 7.11 Å². The van der Waals surface area contributed by atoms with Crippen molar-refractivity contribution in [3.8, 4) is 5.75 Å². The third-order valence-corrected chi connectivity index (χ3v) is 3.31. The van der Waals surface area contributed by atoms with Gasteiger partial charge in [0.1, 0.15) is 5.75 Å². The summed E-state index contributed by atoms with van der Waals surface area (Å²) in [6, 6.07) is 13.5. The Labute approximate surface area is 112 Å². The van der Waals surface area contributed by atoms with Crippen molar-refractivity contribution in [3.63, 3.8) is 0 Å². The molecule has 0 spiro atoms. The molecule has 0 heterocycles. The van der Waals surface area contributed by atoms with E-state index in [1.807, 2.05) is 36.4 Å². The van der Waals surface area contributed by atoms with Crippen LogP contribution in [0, 0.1) is 6.92 Å². The second-order valence-electron chi connectivity index (χ2n) is 4.28. The van der Waals surface area contributed by atoms with Gasteiger partial charge in [-0.05, 0) is 30.2 Å². The summed E-state index contributed by atoms with van der Waals surface area (Å²) in [4.78, 5) is 0. The molecule has 0 aliphatic heterocycles. The minimum atomic E-state index is -0.219. The predicted octanol–water partition coefficient (Wildman–Crippen LogP) is 3.71. The molecule has 0 aliphatic carbocycles. The number of ether oxygens (including phenoxy) is 1. The molecule has 0 bridgehead atoms. The molecular weight excluding hydrogens is 246 g/mol. The van der Waals surface area contributed by atoms with Gasteiger partial charge in [-0.3, -0.25) is 0 Å². The van der Waals surface area contributed by atoms with Gasteiger partial charge in [0.2, 0.25) is 0 Å². The Bertz CT molecular complexity index is 537. The van der Waals surface area contributed by atoms with Crippen LogP contribution in [0.25, 0.3) is 0 Å². The molecular formula is C15H16ClNO. The molecule has 0 saturated carbocycles. The summed E-state index contributed by atoms with van der Waals surface area (Å²) >= 11 is 6.22. The second kappa shape index (κ2) is 5.42. The van der Waals surface area contributed by atoms with Gasteiger partial charge in [-0.2, -0.15) is 0 Å². The predicted molar refractivity (Wildman–Crippen MR) is 75.2 cm³/mol. The zero-order chi connectivity index (χ0) is 13.1. The molecule has 2 N–H and O–H groups in total. The lowest BCUT2D eigenvalue weighted by Gasteiger charge is -2.15. The van der Waals surface area contributed by atoms with Crippen molar-refractivity contribution in [1.82, 2.24) is 0 Å². The highest BCUT2D eigenvalue weighted by atomic mass is 35.5. The lowest BCUT2D eigenvalue weighted by molar-refractivity contribution is 0.414. The van der Waals surface area contributed by atoms with Crippen LogP contribution in [0.3, 0.4) is 0 Å². The van der Waals surface area contributed by atoms with Crippen LogP contribution in [0.4, 0.5) is 0 Å². The van der Waals surface area contributed by atoms with Crippen LogP contribution in [0.15, 0.2) is 42.5 Å². The van der Waals surface area contributed by atoms with Gasteiger partial charge >= 0.3 is 0 Å². The quantitative estimate of drug-likeness (QED) is 0.914. The van der Waals surface area contributed by atoms with E-state index in [0.717, 1.165) is 16.9 Å². The fraction of sp³-hybridized carbons (Fsp3) is 0.200. The molecule has 2 aromatic carbocycles. The largest absolute Gasteiger partial charge is 0.497 e. The summed E-state index contributed by atoms with van der Waals surface area (Å²) in [6.07, 6.45) is 0. The fourth-order valence-electron chi connectivity index (χ4n) is 1.84. The molecule has 0 radical (unpaired) electrons. The topological polar surface area (TPSA) is 35.2 Å². The molecule has 0 saturated heterocycles. The highest BCUT2D eigenvalue weighted by Gasteiger charge is 2.12. The molecule has 0 amide bonds. The average Bonchev–Trinajstić information content (AvgIpc) is 2.38. The van der Waals surface area contributed by atoms with Crippen LogP contribution >= 0.6 is 11.6 Å². The number of hydrogen-bond acceptors (Lipinski definition) is 2. The van der Waals surface area contributed by atoms with E-state index in [-0.39, 0.29) is 6.04 Å². The van der Waals surface area contributed by atoms with Crippen molar-refractivity contribution in [2.45, 2.75) is 13.0 Å². The molecule has 0 aliphatic rings. The highest BCUT2D eigenvalue weighted by Crippen LogP contribution is 2.29. The number of benzene rings is 2. The first-order chi connectivity index (χ1) is 8.61. The third kappa shape index (κ3) is 2.66. The molecule has 3 heteroatoms. The van der Waals surface area contributed by atoms with Gasteiger partial charge in [0.25, 0.3) is 0 Å². The maximum absolute atomic E-state index is 6.23. The summed E-state index contributed by atoms with van der Waals surface area (Å²) < 4.78 is 5.13. The van der Waals surface area contributed by atoms with Crippen molar-refractivity contribution >= 4 is 11.6 Å². The molecule has 2 rings (SSSR count). The molecule has 2 nitrogen and oxygen atoms in total. The van der Waals surface area contributed by atoms with Crippen molar-refractivity contribution in [1.29, 1.82) is 0 Å². The van der Waals surface area contributed by atoms with Gasteiger partial charge in [0.05, 0.1) is 13.2 Å². The van der Waals surface area contributed by atoms with E-state index in [0.29, 0.717) is 5.02 Å². The Hall–Kier alpha value is -1.51. The number of hydrogen-bond donors (Lipinski definition) is 1. The van der Waals surface area contributed by atoms with Crippen molar-refractivity contribution < 1.29 is 4.74 Å². The van der Waals surface area contributed by atoms with E-state index in [9.17, 15) is 0 Å². The molecule has 94 valence electrons. The Morgan fingerprint density at radius 2 is 1.78 bits per heavy atom. The Morgan fingerprint density at radius 3 is 2.33 bits per heavy atom. The zero-order valence-corrected chi connectivity index (χ0v) is 11.2. The number of halogens is 1. The summed E-state index contributed by atoms with van der Waals surface area (Å²) in [5.74, 6) is 0.736. The minimum Gasteiger partial charge on any atom is -0.497 e. The van der Waals surface area contributed by atoms with Gasteiger partial charge in [0.15, 0.2) is 0 Å². The monoisotopic (exact) mass is 261 g/mol. The fourth-order valence-corrected chi connectivity index (χ4v) is 2.13. The molecule has 0 fully saturated rings. The van der Waals surface area contributed by atoms with E-state index in [4.69, 9.17) is 22.1 Å². The SMILES string of the molecule is COc1ccc(C(N)c2ccc(C)cc2)c(Cl)c1. The van der Waals surface area contributed by atoms with Gasteiger partial charge in [0, 0.05) is 5.02 Å². The smallest absolute Gasteiger partial charge is 0.120 e. The number of rotatable bonds is 3. The lowest BCUT2D eigenvalue weighted by atomic mass is 9.98. The normalized spacial score (nSPS) is 12.2. The summed E-state index contributed by atoms with van der Waals surface area (Å²) in [6.45, 7) is 2.05. The Kier molecular flexibility index (Phi) is 3.90. The first-order valence-corrected chi connectivity index (χ1v) is 6.15. The summed E-state index contributed by atoms with van der Waals surface area (Å²) in [5, 5.41) is 0.627. The van der Waals surface area contributed by atoms with Crippen LogP contribution in [-0.4, -0.2) is 7.11 Å². The van der Waals surface area contributed by atoms with E-state index in [1.54, 1.807) is 13.2 Å². The van der Waals surface area contributed by atoms with Gasteiger partial charge < -0.3 is 10.5 Å². The molecule has 18 heavy (non-hydrogen) atoms. The van der Waals surface area contributed by atoms with Crippen LogP contribution in [0.1, 0.15) is 22.7 Å². The Morgan fingerprint density at radius 1 is 1.11 bits per heavy atom. The number of nitrogens with two attached hydrogens (primary N) is 1. The Balaban J connectivity index is 2.33. The van der Waals surface area contributed by atoms with Crippen LogP contribution in [0.5, 0.6) is 5.75 Å². The van der Waals surface area contributed by atoms with Crippen LogP contribution < -0.4 is 10.5 Å². The zero-order valence-electron chi connectivity index (χ0n) is 10.5. The average molecular weight is 262 g/mol. The summed E-state index contributed by atoms with van der Waals surface area (Å²) in [7, 11) is 1.62. The van der Waals surface area contributed by atoms with E-state index >= 15 is 0 Å². The third-order valence-electron chi connectivity index (χ3n) is 2.98. The number of methoxy groups -OCH3 is 1. The maximum atomic E-state index is 6.23. The van der Waals surface area contributed by atoms with Crippen molar-refractivity contribution in [3.05, 3.63) is 64.2 Å². The van der Waals surface area contributed by atoms with E-state index in [2.05, 4.69) is 6.92 Å². The van der Waals surface area contributed by atoms with Crippen LogP contribution in [-0.2, 0) is 0 Å². The highest BCUT2D eigenvalue weighted by molar-refractivity contribution is 6.31. The van der Waals surface area contributed by atoms with E-state index in [1.165, 1.54) is 5.56 Å². The molecule has 0 aromatic heterocycles. The van der Waals surface area contributed by atoms with Crippen molar-refractivity contribution in [2.24, 2.45) is 5.73 Å². The van der Waals surface area contributed by atoms with Gasteiger partial charge in [-0.25, -0.2) is 0 Å². The van der Waals surface area contributed by atoms with Gasteiger partial charge in [-0.15, -0.1) is 0 Å². The number of aryl methyl sites for hydroxylation is 1. The van der Waals surface area contributed by atoms with Gasteiger partial charge in [-0.1, -0.05) is 47.5 Å². The first kappa shape index (κ1) is 12.9. The molecule has 1 atom stereocenters. The molecule has 1 unspecified atom stereocenters. The standard InChI is InChI=1S/C15H16ClNO/c1-10-3-5-11(6-4-10)15(17)13-8-7-12(18-2)9-14(13)16/h3-9,15H,17H2,1-2H3. The second-order valence-corrected chi connectivity index (χ2v) is 4.68. The molecule has 2 aromatic rings. The maximum Gasteiger partial charge on any atom is 0.120 e.